The van der Waals surface area contributed by atoms with Gasteiger partial charge in [-0.3, -0.25) is 4.79 Å². The first-order valence-electron chi connectivity index (χ1n) is 6.90. The van der Waals surface area contributed by atoms with Crippen molar-refractivity contribution in [1.82, 2.24) is 9.88 Å². The summed E-state index contributed by atoms with van der Waals surface area (Å²) in [5, 5.41) is 12.1. The van der Waals surface area contributed by atoms with E-state index in [-0.39, 0.29) is 18.1 Å². The summed E-state index contributed by atoms with van der Waals surface area (Å²) in [6.07, 6.45) is 5.38. The highest BCUT2D eigenvalue weighted by molar-refractivity contribution is 5.94. The van der Waals surface area contributed by atoms with Gasteiger partial charge in [-0.1, -0.05) is 6.92 Å². The van der Waals surface area contributed by atoms with Crippen molar-refractivity contribution in [2.45, 2.75) is 51.1 Å². The molecular weight excluding hydrogens is 242 g/mol. The van der Waals surface area contributed by atoms with E-state index in [1.807, 2.05) is 24.6 Å². The SMILES string of the molecule is CCC(C)(CCO)NC(=O)c1cc(N)cn1C1CC1. The Morgan fingerprint density at radius 1 is 1.63 bits per heavy atom. The molecule has 1 aliphatic carbocycles. The van der Waals surface area contributed by atoms with E-state index in [0.717, 1.165) is 19.3 Å². The van der Waals surface area contributed by atoms with Crippen molar-refractivity contribution in [2.75, 3.05) is 12.3 Å². The van der Waals surface area contributed by atoms with Gasteiger partial charge in [0.15, 0.2) is 0 Å². The van der Waals surface area contributed by atoms with E-state index in [4.69, 9.17) is 10.8 Å². The predicted octanol–water partition coefficient (Wildman–Crippen LogP) is 1.69. The fourth-order valence-electron chi connectivity index (χ4n) is 2.25. The van der Waals surface area contributed by atoms with Crippen molar-refractivity contribution in [3.63, 3.8) is 0 Å². The van der Waals surface area contributed by atoms with E-state index in [2.05, 4.69) is 5.32 Å². The number of aliphatic hydroxyl groups is 1. The number of anilines is 1. The lowest BCUT2D eigenvalue weighted by molar-refractivity contribution is 0.0876. The number of hydrogen-bond donors (Lipinski definition) is 3. The summed E-state index contributed by atoms with van der Waals surface area (Å²) in [5.74, 6) is -0.110. The van der Waals surface area contributed by atoms with Gasteiger partial charge in [0, 0.05) is 24.4 Å². The molecule has 1 aliphatic rings. The topological polar surface area (TPSA) is 80.3 Å². The molecule has 0 aromatic carbocycles. The molecule has 1 amide bonds. The minimum Gasteiger partial charge on any atom is -0.397 e. The Morgan fingerprint density at radius 3 is 2.84 bits per heavy atom. The van der Waals surface area contributed by atoms with Crippen LogP contribution in [0.1, 0.15) is 56.1 Å². The Hall–Kier alpha value is -1.49. The lowest BCUT2D eigenvalue weighted by atomic mass is 9.95. The van der Waals surface area contributed by atoms with Crippen molar-refractivity contribution in [3.8, 4) is 0 Å². The van der Waals surface area contributed by atoms with Gasteiger partial charge in [-0.2, -0.15) is 0 Å². The van der Waals surface area contributed by atoms with Gasteiger partial charge in [0.2, 0.25) is 0 Å². The second-order valence-corrected chi connectivity index (χ2v) is 5.64. The van der Waals surface area contributed by atoms with Crippen molar-refractivity contribution < 1.29 is 9.90 Å². The van der Waals surface area contributed by atoms with Crippen molar-refractivity contribution in [1.29, 1.82) is 0 Å². The van der Waals surface area contributed by atoms with Gasteiger partial charge in [0.1, 0.15) is 5.69 Å². The van der Waals surface area contributed by atoms with Gasteiger partial charge in [-0.05, 0) is 38.7 Å². The first-order chi connectivity index (χ1) is 8.99. The Bertz CT molecular complexity index is 465. The number of carbonyl (C=O) groups is 1. The molecule has 1 fully saturated rings. The zero-order chi connectivity index (χ0) is 14.0. The van der Waals surface area contributed by atoms with Crippen LogP contribution in [0.5, 0.6) is 0 Å². The second-order valence-electron chi connectivity index (χ2n) is 5.64. The third-order valence-corrected chi connectivity index (χ3v) is 3.90. The van der Waals surface area contributed by atoms with Crippen LogP contribution in [0.25, 0.3) is 0 Å². The highest BCUT2D eigenvalue weighted by Gasteiger charge is 2.30. The number of amides is 1. The molecule has 1 saturated carbocycles. The van der Waals surface area contributed by atoms with E-state index >= 15 is 0 Å². The van der Waals surface area contributed by atoms with Crippen LogP contribution in [-0.2, 0) is 0 Å². The number of carbonyl (C=O) groups excluding carboxylic acids is 1. The predicted molar refractivity (Wildman–Crippen MR) is 75.0 cm³/mol. The summed E-state index contributed by atoms with van der Waals surface area (Å²) in [6, 6.07) is 2.15. The molecule has 5 heteroatoms. The van der Waals surface area contributed by atoms with Crippen LogP contribution in [0.4, 0.5) is 5.69 Å². The summed E-state index contributed by atoms with van der Waals surface area (Å²) in [5.41, 5.74) is 6.67. The molecule has 1 atom stereocenters. The Balaban J connectivity index is 2.15. The molecule has 0 spiro atoms. The fourth-order valence-corrected chi connectivity index (χ4v) is 2.25. The lowest BCUT2D eigenvalue weighted by Crippen LogP contribution is -2.46. The average Bonchev–Trinajstić information content (AvgIpc) is 3.12. The number of nitrogen functional groups attached to an aromatic ring is 1. The standard InChI is InChI=1S/C14H23N3O2/c1-3-14(2,6-7-18)16-13(19)12-8-10(15)9-17(12)11-4-5-11/h8-9,11,18H,3-7,15H2,1-2H3,(H,16,19). The number of nitrogens with one attached hydrogen (secondary N) is 1. The first-order valence-corrected chi connectivity index (χ1v) is 6.90. The Labute approximate surface area is 113 Å². The van der Waals surface area contributed by atoms with Crippen LogP contribution in [0.3, 0.4) is 0 Å². The summed E-state index contributed by atoms with van der Waals surface area (Å²) in [4.78, 5) is 12.4. The largest absolute Gasteiger partial charge is 0.397 e. The number of rotatable bonds is 6. The molecular formula is C14H23N3O2. The number of nitrogens with zero attached hydrogens (tertiary/aromatic N) is 1. The average molecular weight is 265 g/mol. The van der Waals surface area contributed by atoms with Gasteiger partial charge in [-0.15, -0.1) is 0 Å². The monoisotopic (exact) mass is 265 g/mol. The minimum atomic E-state index is -0.376. The van der Waals surface area contributed by atoms with Gasteiger partial charge >= 0.3 is 0 Å². The van der Waals surface area contributed by atoms with E-state index in [1.54, 1.807) is 6.07 Å². The molecule has 1 aromatic rings. The second kappa shape index (κ2) is 5.25. The molecule has 4 N–H and O–H groups in total. The molecule has 1 aromatic heterocycles. The van der Waals surface area contributed by atoms with Crippen molar-refractivity contribution in [3.05, 3.63) is 18.0 Å². The first kappa shape index (κ1) is 13.9. The maximum atomic E-state index is 12.4. The Kier molecular flexibility index (Phi) is 3.85. The molecule has 19 heavy (non-hydrogen) atoms. The van der Waals surface area contributed by atoms with Crippen LogP contribution < -0.4 is 11.1 Å². The number of aliphatic hydroxyl groups excluding tert-OH is 1. The summed E-state index contributed by atoms with van der Waals surface area (Å²) >= 11 is 0. The van der Waals surface area contributed by atoms with E-state index < -0.39 is 0 Å². The molecule has 0 aliphatic heterocycles. The smallest absolute Gasteiger partial charge is 0.268 e. The highest BCUT2D eigenvalue weighted by atomic mass is 16.3. The van der Waals surface area contributed by atoms with Crippen molar-refractivity contribution in [2.24, 2.45) is 0 Å². The van der Waals surface area contributed by atoms with Gasteiger partial charge in [0.05, 0.1) is 5.69 Å². The molecule has 1 heterocycles. The maximum Gasteiger partial charge on any atom is 0.268 e. The maximum absolute atomic E-state index is 12.4. The molecule has 0 saturated heterocycles. The normalized spacial score (nSPS) is 18.1. The number of nitrogens with two attached hydrogens (primary N) is 1. The third kappa shape index (κ3) is 3.10. The van der Waals surface area contributed by atoms with Crippen molar-refractivity contribution >= 4 is 11.6 Å². The number of hydrogen-bond acceptors (Lipinski definition) is 3. The molecule has 0 bridgehead atoms. The number of aromatic nitrogens is 1. The lowest BCUT2D eigenvalue weighted by Gasteiger charge is -2.29. The molecule has 1 unspecified atom stereocenters. The van der Waals surface area contributed by atoms with Gasteiger partial charge in [-0.25, -0.2) is 0 Å². The zero-order valence-corrected chi connectivity index (χ0v) is 11.6. The summed E-state index contributed by atoms with van der Waals surface area (Å²) in [7, 11) is 0. The van der Waals surface area contributed by atoms with Crippen LogP contribution >= 0.6 is 0 Å². The molecule has 0 radical (unpaired) electrons. The van der Waals surface area contributed by atoms with E-state index in [1.165, 1.54) is 0 Å². The molecule has 5 nitrogen and oxygen atoms in total. The van der Waals surface area contributed by atoms with E-state index in [0.29, 0.717) is 23.8 Å². The molecule has 106 valence electrons. The van der Waals surface area contributed by atoms with E-state index in [9.17, 15) is 4.79 Å². The van der Waals surface area contributed by atoms with Crippen LogP contribution in [0.2, 0.25) is 0 Å². The van der Waals surface area contributed by atoms with Crippen LogP contribution in [0, 0.1) is 0 Å². The van der Waals surface area contributed by atoms with Gasteiger partial charge < -0.3 is 20.7 Å². The highest BCUT2D eigenvalue weighted by Crippen LogP contribution is 2.37. The minimum absolute atomic E-state index is 0.0659. The van der Waals surface area contributed by atoms with Crippen LogP contribution in [-0.4, -0.2) is 27.7 Å². The third-order valence-electron chi connectivity index (χ3n) is 3.90. The zero-order valence-electron chi connectivity index (χ0n) is 11.6. The summed E-state index contributed by atoms with van der Waals surface area (Å²) < 4.78 is 1.97. The summed E-state index contributed by atoms with van der Waals surface area (Å²) in [6.45, 7) is 4.02. The fraction of sp³-hybridized carbons (Fsp3) is 0.643. The molecule has 2 rings (SSSR count). The van der Waals surface area contributed by atoms with Crippen LogP contribution in [0.15, 0.2) is 12.3 Å². The van der Waals surface area contributed by atoms with Gasteiger partial charge in [0.25, 0.3) is 5.91 Å². The quantitative estimate of drug-likeness (QED) is 0.732. The Morgan fingerprint density at radius 2 is 2.32 bits per heavy atom.